The van der Waals surface area contributed by atoms with E-state index in [4.69, 9.17) is 23.2 Å². The van der Waals surface area contributed by atoms with Gasteiger partial charge in [0, 0.05) is 66.7 Å². The van der Waals surface area contributed by atoms with Crippen molar-refractivity contribution in [2.24, 2.45) is 7.05 Å². The zero-order valence-corrected chi connectivity index (χ0v) is 20.2. The van der Waals surface area contributed by atoms with Gasteiger partial charge in [-0.05, 0) is 53.9 Å². The topological polar surface area (TPSA) is 82.2 Å². The number of fused-ring (bicyclic) bond motifs is 1. The van der Waals surface area contributed by atoms with Crippen LogP contribution in [0, 0.1) is 0 Å². The van der Waals surface area contributed by atoms with Crippen LogP contribution >= 0.6 is 23.2 Å². The Hall–Kier alpha value is -3.42. The smallest absolute Gasteiger partial charge is 0.272 e. The van der Waals surface area contributed by atoms with Gasteiger partial charge in [-0.3, -0.25) is 9.59 Å². The molecular formula is C25H25Cl2N5O2. The highest BCUT2D eigenvalue weighted by Gasteiger charge is 2.15. The summed E-state index contributed by atoms with van der Waals surface area (Å²) in [5, 5.41) is 6.83. The molecule has 2 aromatic carbocycles. The molecule has 176 valence electrons. The average molecular weight is 498 g/mol. The monoisotopic (exact) mass is 497 g/mol. The maximum absolute atomic E-state index is 12.8. The van der Waals surface area contributed by atoms with Crippen LogP contribution in [-0.2, 0) is 7.05 Å². The van der Waals surface area contributed by atoms with Gasteiger partial charge in [-0.2, -0.15) is 0 Å². The minimum atomic E-state index is -0.267. The third kappa shape index (κ3) is 5.38. The van der Waals surface area contributed by atoms with Gasteiger partial charge in [-0.1, -0.05) is 6.07 Å². The van der Waals surface area contributed by atoms with Gasteiger partial charge < -0.3 is 25.1 Å². The van der Waals surface area contributed by atoms with Crippen molar-refractivity contribution < 1.29 is 9.59 Å². The number of H-pyrrole nitrogens is 1. The van der Waals surface area contributed by atoms with Crippen LogP contribution in [0.4, 0.5) is 17.1 Å². The third-order valence-corrected chi connectivity index (χ3v) is 5.85. The number of aromatic nitrogens is 2. The van der Waals surface area contributed by atoms with Crippen LogP contribution in [-0.4, -0.2) is 46.2 Å². The number of nitrogens with zero attached hydrogens (tertiary/aromatic N) is 2. The summed E-state index contributed by atoms with van der Waals surface area (Å²) in [6.07, 6.45) is 3.56. The summed E-state index contributed by atoms with van der Waals surface area (Å²) in [6, 6.07) is 16.6. The van der Waals surface area contributed by atoms with Crippen molar-refractivity contribution in [3.63, 3.8) is 0 Å². The second kappa shape index (κ2) is 10.7. The van der Waals surface area contributed by atoms with Crippen molar-refractivity contribution >= 4 is 63.0 Å². The molecule has 0 saturated heterocycles. The summed E-state index contributed by atoms with van der Waals surface area (Å²) in [7, 11) is 1.76. The number of halogens is 2. The third-order valence-electron chi connectivity index (χ3n) is 5.51. The molecule has 0 saturated carbocycles. The van der Waals surface area contributed by atoms with E-state index in [9.17, 15) is 9.59 Å². The van der Waals surface area contributed by atoms with E-state index < -0.39 is 0 Å². The Balaban J connectivity index is 1.42. The van der Waals surface area contributed by atoms with Gasteiger partial charge in [0.05, 0.1) is 5.69 Å². The molecular weight excluding hydrogens is 473 g/mol. The van der Waals surface area contributed by atoms with Crippen molar-refractivity contribution in [1.29, 1.82) is 0 Å². The van der Waals surface area contributed by atoms with Gasteiger partial charge in [0.2, 0.25) is 0 Å². The molecule has 0 unspecified atom stereocenters. The van der Waals surface area contributed by atoms with Crippen molar-refractivity contribution in [2.45, 2.75) is 0 Å². The first-order valence-electron chi connectivity index (χ1n) is 10.8. The van der Waals surface area contributed by atoms with Crippen molar-refractivity contribution in [3.8, 4) is 0 Å². The van der Waals surface area contributed by atoms with Crippen LogP contribution in [0.2, 0.25) is 0 Å². The summed E-state index contributed by atoms with van der Waals surface area (Å²) in [6.45, 7) is 1.35. The Morgan fingerprint density at radius 2 is 1.62 bits per heavy atom. The number of carbonyl (C=O) groups is 2. The van der Waals surface area contributed by atoms with Gasteiger partial charge >= 0.3 is 0 Å². The standard InChI is InChI=1S/C25H25Cl2N5O2/c1-31-16-20(15-23(31)25(34)29-19-5-2-17-8-11-28-22(17)14-19)30-24(33)18-3-6-21(7-4-18)32(12-9-26)13-10-27/h2-8,11,14-16,28H,9-10,12-13H2,1H3,(H,29,34)(H,30,33). The first-order valence-corrected chi connectivity index (χ1v) is 11.9. The number of amides is 2. The van der Waals surface area contributed by atoms with E-state index in [0.29, 0.717) is 47.5 Å². The molecule has 0 spiro atoms. The van der Waals surface area contributed by atoms with Crippen LogP contribution in [0.5, 0.6) is 0 Å². The number of alkyl halides is 2. The van der Waals surface area contributed by atoms with Crippen molar-refractivity contribution in [3.05, 3.63) is 78.2 Å². The van der Waals surface area contributed by atoms with Gasteiger partial charge in [0.25, 0.3) is 11.8 Å². The van der Waals surface area contributed by atoms with Gasteiger partial charge in [0.1, 0.15) is 5.69 Å². The van der Waals surface area contributed by atoms with Crippen molar-refractivity contribution in [2.75, 3.05) is 40.4 Å². The molecule has 7 nitrogen and oxygen atoms in total. The fourth-order valence-electron chi connectivity index (χ4n) is 3.78. The first-order chi connectivity index (χ1) is 16.5. The summed E-state index contributed by atoms with van der Waals surface area (Å²) >= 11 is 11.7. The molecule has 3 N–H and O–H groups in total. The minimum absolute atomic E-state index is 0.262. The molecule has 4 aromatic rings. The fraction of sp³-hybridized carbons (Fsp3) is 0.200. The molecule has 2 amide bonds. The molecule has 0 atom stereocenters. The molecule has 34 heavy (non-hydrogen) atoms. The molecule has 0 aliphatic carbocycles. The first kappa shape index (κ1) is 23.7. The van der Waals surface area contributed by atoms with Crippen LogP contribution in [0.15, 0.2) is 67.0 Å². The quantitative estimate of drug-likeness (QED) is 0.274. The van der Waals surface area contributed by atoms with Gasteiger partial charge in [0.15, 0.2) is 0 Å². The molecule has 2 heterocycles. The number of hydrogen-bond donors (Lipinski definition) is 3. The average Bonchev–Trinajstić information content (AvgIpc) is 3.44. The van der Waals surface area contributed by atoms with E-state index in [1.54, 1.807) is 36.0 Å². The van der Waals surface area contributed by atoms with Crippen LogP contribution in [0.1, 0.15) is 20.8 Å². The van der Waals surface area contributed by atoms with E-state index in [0.717, 1.165) is 16.6 Å². The molecule has 0 bridgehead atoms. The summed E-state index contributed by atoms with van der Waals surface area (Å²) < 4.78 is 1.68. The number of hydrogen-bond acceptors (Lipinski definition) is 3. The fourth-order valence-corrected chi connectivity index (χ4v) is 4.19. The second-order valence-corrected chi connectivity index (χ2v) is 8.58. The van der Waals surface area contributed by atoms with E-state index in [-0.39, 0.29) is 11.8 Å². The van der Waals surface area contributed by atoms with E-state index in [2.05, 4.69) is 20.5 Å². The van der Waals surface area contributed by atoms with E-state index in [1.807, 2.05) is 42.6 Å². The SMILES string of the molecule is Cn1cc(NC(=O)c2ccc(N(CCCl)CCCl)cc2)cc1C(=O)Nc1ccc2cc[nH]c2c1. The lowest BCUT2D eigenvalue weighted by atomic mass is 10.1. The van der Waals surface area contributed by atoms with Crippen LogP contribution < -0.4 is 15.5 Å². The normalized spacial score (nSPS) is 10.9. The largest absolute Gasteiger partial charge is 0.369 e. The predicted octanol–water partition coefficient (Wildman–Crippen LogP) is 5.30. The zero-order valence-electron chi connectivity index (χ0n) is 18.6. The number of aromatic amines is 1. The number of anilines is 3. The Bertz CT molecular complexity index is 1290. The number of benzene rings is 2. The van der Waals surface area contributed by atoms with Crippen LogP contribution in [0.25, 0.3) is 10.9 Å². The molecule has 0 fully saturated rings. The highest BCUT2D eigenvalue weighted by molar-refractivity contribution is 6.18. The lowest BCUT2D eigenvalue weighted by molar-refractivity contribution is 0.101. The molecule has 0 radical (unpaired) electrons. The summed E-state index contributed by atoms with van der Waals surface area (Å²) in [5.41, 5.74) is 4.05. The van der Waals surface area contributed by atoms with Gasteiger partial charge in [-0.15, -0.1) is 23.2 Å². The molecule has 0 aliphatic heterocycles. The van der Waals surface area contributed by atoms with Gasteiger partial charge in [-0.25, -0.2) is 0 Å². The summed E-state index contributed by atoms with van der Waals surface area (Å²) in [4.78, 5) is 30.8. The number of aryl methyl sites for hydroxylation is 1. The molecule has 9 heteroatoms. The highest BCUT2D eigenvalue weighted by atomic mass is 35.5. The number of carbonyl (C=O) groups excluding carboxylic acids is 2. The number of nitrogens with one attached hydrogen (secondary N) is 3. The maximum Gasteiger partial charge on any atom is 0.272 e. The van der Waals surface area contributed by atoms with E-state index >= 15 is 0 Å². The minimum Gasteiger partial charge on any atom is -0.369 e. The Labute approximate surface area is 207 Å². The second-order valence-electron chi connectivity index (χ2n) is 7.82. The lowest BCUT2D eigenvalue weighted by Crippen LogP contribution is -2.27. The Kier molecular flexibility index (Phi) is 7.45. The van der Waals surface area contributed by atoms with Crippen molar-refractivity contribution in [1.82, 2.24) is 9.55 Å². The van der Waals surface area contributed by atoms with E-state index in [1.165, 1.54) is 0 Å². The van der Waals surface area contributed by atoms with Crippen LogP contribution in [0.3, 0.4) is 0 Å². The molecule has 2 aromatic heterocycles. The highest BCUT2D eigenvalue weighted by Crippen LogP contribution is 2.21. The predicted molar refractivity (Wildman–Crippen MR) is 140 cm³/mol. The Morgan fingerprint density at radius 3 is 2.32 bits per heavy atom. The maximum atomic E-state index is 12.8. The number of rotatable bonds is 9. The molecule has 0 aliphatic rings. The molecule has 4 rings (SSSR count). The Morgan fingerprint density at radius 1 is 0.912 bits per heavy atom. The summed E-state index contributed by atoms with van der Waals surface area (Å²) in [5.74, 6) is 0.451. The zero-order chi connectivity index (χ0) is 24.1. The lowest BCUT2D eigenvalue weighted by Gasteiger charge is -2.22.